The molecule has 0 unspecified atom stereocenters. The minimum absolute atomic E-state index is 0.306. The van der Waals surface area contributed by atoms with Crippen LogP contribution in [0.5, 0.6) is 5.75 Å². The van der Waals surface area contributed by atoms with Gasteiger partial charge in [-0.15, -0.1) is 0 Å². The Bertz CT molecular complexity index is 1030. The van der Waals surface area contributed by atoms with Gasteiger partial charge in [-0.3, -0.25) is 4.99 Å². The van der Waals surface area contributed by atoms with E-state index in [1.165, 1.54) is 17.7 Å². The number of halogens is 1. The molecular weight excluding hydrogens is 363 g/mol. The van der Waals surface area contributed by atoms with Gasteiger partial charge in [0.25, 0.3) is 0 Å². The maximum absolute atomic E-state index is 13.9. The Labute approximate surface area is 172 Å². The summed E-state index contributed by atoms with van der Waals surface area (Å²) in [5, 5.41) is 9.66. The topological polar surface area (TPSA) is 45.0 Å². The van der Waals surface area contributed by atoms with Crippen LogP contribution in [0.3, 0.4) is 0 Å². The second-order valence-corrected chi connectivity index (χ2v) is 7.53. The summed E-state index contributed by atoms with van der Waals surface area (Å²) in [6.45, 7) is 10.5. The van der Waals surface area contributed by atoms with Crippen molar-refractivity contribution in [2.24, 2.45) is 9.98 Å². The quantitative estimate of drug-likeness (QED) is 0.500. The Hall–Kier alpha value is -2.75. The molecule has 152 valence electrons. The molecule has 0 fully saturated rings. The number of rotatable bonds is 7. The minimum Gasteiger partial charge on any atom is -0.505 e. The van der Waals surface area contributed by atoms with E-state index in [9.17, 15) is 9.50 Å². The molecule has 1 N–H and O–H groups in total. The Morgan fingerprint density at radius 2 is 1.83 bits per heavy atom. The maximum Gasteiger partial charge on any atom is 0.165 e. The third kappa shape index (κ3) is 4.16. The number of aromatic hydroxyl groups is 1. The van der Waals surface area contributed by atoms with Gasteiger partial charge >= 0.3 is 0 Å². The van der Waals surface area contributed by atoms with Gasteiger partial charge in [0.2, 0.25) is 0 Å². The smallest absolute Gasteiger partial charge is 0.165 e. The summed E-state index contributed by atoms with van der Waals surface area (Å²) in [5.74, 6) is -0.909. The van der Waals surface area contributed by atoms with Crippen molar-refractivity contribution in [3.63, 3.8) is 0 Å². The van der Waals surface area contributed by atoms with Crippen molar-refractivity contribution in [1.29, 1.82) is 0 Å². The Morgan fingerprint density at radius 3 is 2.45 bits per heavy atom. The molecule has 3 nitrogen and oxygen atoms in total. The van der Waals surface area contributed by atoms with Gasteiger partial charge < -0.3 is 5.11 Å². The van der Waals surface area contributed by atoms with Crippen LogP contribution in [0.25, 0.3) is 11.1 Å². The van der Waals surface area contributed by atoms with Gasteiger partial charge in [-0.1, -0.05) is 38.8 Å². The summed E-state index contributed by atoms with van der Waals surface area (Å²) in [7, 11) is 0. The summed E-state index contributed by atoms with van der Waals surface area (Å²) in [5.41, 5.74) is 8.93. The zero-order valence-electron chi connectivity index (χ0n) is 17.9. The van der Waals surface area contributed by atoms with E-state index in [1.807, 2.05) is 32.0 Å². The first kappa shape index (κ1) is 21.0. The first-order valence-corrected chi connectivity index (χ1v) is 10.4. The number of hydrogen-bond donors (Lipinski definition) is 1. The normalized spacial score (nSPS) is 14.1. The van der Waals surface area contributed by atoms with Gasteiger partial charge in [0, 0.05) is 11.3 Å². The van der Waals surface area contributed by atoms with Gasteiger partial charge in [0.1, 0.15) is 0 Å². The van der Waals surface area contributed by atoms with Crippen LogP contribution in [0.2, 0.25) is 0 Å². The van der Waals surface area contributed by atoms with Crippen molar-refractivity contribution in [3.05, 3.63) is 58.5 Å². The summed E-state index contributed by atoms with van der Waals surface area (Å²) in [6.07, 6.45) is 3.81. The summed E-state index contributed by atoms with van der Waals surface area (Å²) in [6, 6.07) is 8.92. The molecule has 29 heavy (non-hydrogen) atoms. The van der Waals surface area contributed by atoms with E-state index in [0.29, 0.717) is 6.42 Å². The van der Waals surface area contributed by atoms with Crippen LogP contribution in [0.15, 0.2) is 51.6 Å². The average molecular weight is 393 g/mol. The highest BCUT2D eigenvalue weighted by Gasteiger charge is 2.22. The van der Waals surface area contributed by atoms with Crippen molar-refractivity contribution in [3.8, 4) is 16.9 Å². The number of benzene rings is 2. The second-order valence-electron chi connectivity index (χ2n) is 7.53. The van der Waals surface area contributed by atoms with E-state index < -0.39 is 5.82 Å². The minimum atomic E-state index is -0.603. The molecule has 4 heteroatoms. The molecule has 0 spiro atoms. The third-order valence-corrected chi connectivity index (χ3v) is 5.45. The predicted octanol–water partition coefficient (Wildman–Crippen LogP) is 7.14. The number of fused-ring (bicyclic) bond motifs is 1. The van der Waals surface area contributed by atoms with E-state index in [4.69, 9.17) is 4.99 Å². The number of nitrogens with zero attached hydrogens (tertiary/aromatic N) is 2. The van der Waals surface area contributed by atoms with E-state index in [2.05, 4.69) is 25.8 Å². The highest BCUT2D eigenvalue weighted by Crippen LogP contribution is 2.37. The zero-order chi connectivity index (χ0) is 21.1. The standard InChI is InChI=1S/C25H29FN2O/c1-6-9-15(4)22(8-3)27-16(5)25-19-11-10-18(12-23(19)28-25)20-14-21(26)24(29)13-17(20)7-2/h10-14,29H,6-9H2,1-5H3/b22-15+,27-16?. The SMILES string of the molecule is CCC/C(C)=C(\CC)N=C(C)C1=Nc2cc(-c3cc(F)c(O)cc3CC)ccc21. The molecule has 0 aromatic heterocycles. The van der Waals surface area contributed by atoms with E-state index in [1.54, 1.807) is 0 Å². The second kappa shape index (κ2) is 8.73. The zero-order valence-corrected chi connectivity index (χ0v) is 17.9. The van der Waals surface area contributed by atoms with Crippen molar-refractivity contribution in [2.75, 3.05) is 0 Å². The number of phenols is 1. The molecule has 1 aliphatic rings. The molecular formula is C25H29FN2O. The largest absolute Gasteiger partial charge is 0.505 e. The van der Waals surface area contributed by atoms with Crippen LogP contribution in [-0.2, 0) is 6.42 Å². The van der Waals surface area contributed by atoms with Crippen LogP contribution in [0, 0.1) is 5.82 Å². The Kier molecular flexibility index (Phi) is 6.31. The lowest BCUT2D eigenvalue weighted by Crippen LogP contribution is -2.18. The molecule has 0 radical (unpaired) electrons. The summed E-state index contributed by atoms with van der Waals surface area (Å²) >= 11 is 0. The van der Waals surface area contributed by atoms with E-state index in [0.717, 1.165) is 64.3 Å². The molecule has 0 saturated heterocycles. The number of aliphatic imine (C=N–C) groups is 2. The van der Waals surface area contributed by atoms with Gasteiger partial charge in [0.15, 0.2) is 11.6 Å². The fraction of sp³-hybridized carbons (Fsp3) is 0.360. The third-order valence-electron chi connectivity index (χ3n) is 5.45. The fourth-order valence-electron chi connectivity index (χ4n) is 3.81. The van der Waals surface area contributed by atoms with Crippen LogP contribution in [0.1, 0.15) is 65.0 Å². The molecule has 2 aromatic carbocycles. The number of hydrogen-bond acceptors (Lipinski definition) is 3. The van der Waals surface area contributed by atoms with Gasteiger partial charge in [0.05, 0.1) is 17.1 Å². The van der Waals surface area contributed by atoms with Crippen molar-refractivity contribution < 1.29 is 9.50 Å². The van der Waals surface area contributed by atoms with Gasteiger partial charge in [-0.25, -0.2) is 9.38 Å². The first-order valence-electron chi connectivity index (χ1n) is 10.4. The lowest BCUT2D eigenvalue weighted by atomic mass is 9.92. The van der Waals surface area contributed by atoms with Crippen LogP contribution < -0.4 is 0 Å². The Balaban J connectivity index is 1.92. The highest BCUT2D eigenvalue weighted by molar-refractivity contribution is 6.51. The van der Waals surface area contributed by atoms with Crippen LogP contribution in [-0.4, -0.2) is 16.5 Å². The van der Waals surface area contributed by atoms with Gasteiger partial charge in [-0.05, 0) is 74.1 Å². The summed E-state index contributed by atoms with van der Waals surface area (Å²) in [4.78, 5) is 9.53. The van der Waals surface area contributed by atoms with Crippen LogP contribution >= 0.6 is 0 Å². The average Bonchev–Trinajstić information content (AvgIpc) is 2.68. The molecule has 0 amide bonds. The molecule has 2 aromatic rings. The molecule has 1 aliphatic heterocycles. The number of phenolic OH excluding ortho intramolecular Hbond substituents is 1. The highest BCUT2D eigenvalue weighted by atomic mass is 19.1. The molecule has 0 saturated carbocycles. The molecule has 1 heterocycles. The van der Waals surface area contributed by atoms with E-state index in [-0.39, 0.29) is 5.75 Å². The first-order chi connectivity index (χ1) is 13.9. The van der Waals surface area contributed by atoms with Crippen molar-refractivity contribution >= 4 is 17.1 Å². The number of allylic oxidation sites excluding steroid dienone is 2. The van der Waals surface area contributed by atoms with Crippen molar-refractivity contribution in [1.82, 2.24) is 0 Å². The molecule has 0 aliphatic carbocycles. The monoisotopic (exact) mass is 392 g/mol. The number of aryl methyl sites for hydroxylation is 1. The van der Waals surface area contributed by atoms with E-state index >= 15 is 0 Å². The van der Waals surface area contributed by atoms with Crippen molar-refractivity contribution in [2.45, 2.75) is 60.3 Å². The summed E-state index contributed by atoms with van der Waals surface area (Å²) < 4.78 is 13.9. The predicted molar refractivity (Wildman–Crippen MR) is 120 cm³/mol. The molecule has 0 atom stereocenters. The molecule has 0 bridgehead atoms. The maximum atomic E-state index is 13.9. The lowest BCUT2D eigenvalue weighted by Gasteiger charge is -2.20. The Morgan fingerprint density at radius 1 is 1.07 bits per heavy atom. The van der Waals surface area contributed by atoms with Crippen LogP contribution in [0.4, 0.5) is 10.1 Å². The molecule has 3 rings (SSSR count). The fourth-order valence-corrected chi connectivity index (χ4v) is 3.81. The lowest BCUT2D eigenvalue weighted by molar-refractivity contribution is 0.432. The van der Waals surface area contributed by atoms with Gasteiger partial charge in [-0.2, -0.15) is 0 Å².